The average molecular weight is 246 g/mol. The Morgan fingerprint density at radius 1 is 1.44 bits per heavy atom. The lowest BCUT2D eigenvalue weighted by Crippen LogP contribution is -2.11. The second-order valence-electron chi connectivity index (χ2n) is 4.04. The number of hydrogen-bond donors (Lipinski definition) is 1. The topological polar surface area (TPSA) is 67.5 Å². The molecule has 0 bridgehead atoms. The molecule has 1 heterocycles. The molecule has 0 aliphatic carbocycles. The number of furan rings is 1. The molecule has 0 radical (unpaired) electrons. The van der Waals surface area contributed by atoms with Gasteiger partial charge in [-0.15, -0.1) is 0 Å². The lowest BCUT2D eigenvalue weighted by Gasteiger charge is -2.08. The molecule has 0 aliphatic rings. The molecule has 5 heteroatoms. The average Bonchev–Trinajstić information content (AvgIpc) is 2.65. The van der Waals surface area contributed by atoms with Crippen LogP contribution in [0.4, 0.5) is 0 Å². The molecule has 0 saturated carbocycles. The summed E-state index contributed by atoms with van der Waals surface area (Å²) in [5.41, 5.74) is 0. The Hall–Kier alpha value is -0.810. The molecule has 0 spiro atoms. The van der Waals surface area contributed by atoms with Gasteiger partial charge in [0.15, 0.2) is 0 Å². The van der Waals surface area contributed by atoms with E-state index >= 15 is 0 Å². The Bertz CT molecular complexity index is 380. The van der Waals surface area contributed by atoms with Crippen molar-refractivity contribution < 1.29 is 17.9 Å². The van der Waals surface area contributed by atoms with Crippen molar-refractivity contribution in [2.24, 2.45) is 0 Å². The molecule has 0 aliphatic heterocycles. The second kappa shape index (κ2) is 6.06. The van der Waals surface area contributed by atoms with E-state index in [1.165, 1.54) is 6.26 Å². The Morgan fingerprint density at radius 2 is 2.19 bits per heavy atom. The summed E-state index contributed by atoms with van der Waals surface area (Å²) in [4.78, 5) is 0. The van der Waals surface area contributed by atoms with Crippen LogP contribution in [-0.4, -0.2) is 31.6 Å². The van der Waals surface area contributed by atoms with Crippen molar-refractivity contribution in [2.45, 2.75) is 31.8 Å². The fourth-order valence-electron chi connectivity index (χ4n) is 1.49. The van der Waals surface area contributed by atoms with Crippen LogP contribution in [0.3, 0.4) is 0 Å². The van der Waals surface area contributed by atoms with E-state index in [1.807, 2.05) is 12.1 Å². The third-order valence-electron chi connectivity index (χ3n) is 2.36. The molecule has 1 unspecified atom stereocenters. The van der Waals surface area contributed by atoms with Crippen LogP contribution in [0.1, 0.15) is 25.0 Å². The molecular weight excluding hydrogens is 228 g/mol. The Kier molecular flexibility index (Phi) is 5.02. The number of aliphatic hydroxyl groups excluding tert-OH is 1. The van der Waals surface area contributed by atoms with Crippen molar-refractivity contribution in [1.29, 1.82) is 0 Å². The molecule has 0 fully saturated rings. The van der Waals surface area contributed by atoms with Gasteiger partial charge in [0.25, 0.3) is 0 Å². The molecule has 1 atom stereocenters. The molecule has 0 aromatic carbocycles. The van der Waals surface area contributed by atoms with Gasteiger partial charge in [-0.2, -0.15) is 0 Å². The van der Waals surface area contributed by atoms with Crippen molar-refractivity contribution >= 4 is 9.84 Å². The van der Waals surface area contributed by atoms with Gasteiger partial charge >= 0.3 is 0 Å². The van der Waals surface area contributed by atoms with Crippen molar-refractivity contribution in [3.05, 3.63) is 24.2 Å². The maximum Gasteiger partial charge on any atom is 0.147 e. The van der Waals surface area contributed by atoms with Gasteiger partial charge in [-0.3, -0.25) is 0 Å². The first kappa shape index (κ1) is 13.3. The molecular formula is C11H18O4S. The summed E-state index contributed by atoms with van der Waals surface area (Å²) >= 11 is 0. The van der Waals surface area contributed by atoms with Gasteiger partial charge in [-0.1, -0.05) is 0 Å². The molecule has 1 rings (SSSR count). The van der Waals surface area contributed by atoms with Crippen LogP contribution in [0.15, 0.2) is 22.8 Å². The van der Waals surface area contributed by atoms with Crippen LogP contribution in [0.25, 0.3) is 0 Å². The first-order valence-electron chi connectivity index (χ1n) is 5.35. The number of aliphatic hydroxyl groups is 1. The molecule has 4 nitrogen and oxygen atoms in total. The SMILES string of the molecule is CS(=O)(=O)CCCC(O)CCc1ccco1. The van der Waals surface area contributed by atoms with Gasteiger partial charge in [-0.25, -0.2) is 8.42 Å². The van der Waals surface area contributed by atoms with E-state index < -0.39 is 15.9 Å². The van der Waals surface area contributed by atoms with E-state index in [9.17, 15) is 13.5 Å². The highest BCUT2D eigenvalue weighted by Gasteiger charge is 2.08. The molecule has 1 aromatic rings. The minimum absolute atomic E-state index is 0.144. The molecule has 0 amide bonds. The van der Waals surface area contributed by atoms with Gasteiger partial charge < -0.3 is 9.52 Å². The van der Waals surface area contributed by atoms with Gasteiger partial charge in [0.2, 0.25) is 0 Å². The predicted octanol–water partition coefficient (Wildman–Crippen LogP) is 1.40. The Balaban J connectivity index is 2.14. The van der Waals surface area contributed by atoms with E-state index in [2.05, 4.69) is 0 Å². The summed E-state index contributed by atoms with van der Waals surface area (Å²) in [5, 5.41) is 9.61. The number of aryl methyl sites for hydroxylation is 1. The standard InChI is InChI=1S/C11H18O4S/c1-16(13,14)9-3-4-10(12)6-7-11-5-2-8-15-11/h2,5,8,10,12H,3-4,6-7,9H2,1H3. The number of sulfone groups is 1. The van der Waals surface area contributed by atoms with Crippen molar-refractivity contribution in [2.75, 3.05) is 12.0 Å². The van der Waals surface area contributed by atoms with Crippen LogP contribution in [-0.2, 0) is 16.3 Å². The summed E-state index contributed by atoms with van der Waals surface area (Å²) in [5.74, 6) is 0.993. The minimum atomic E-state index is -2.91. The fraction of sp³-hybridized carbons (Fsp3) is 0.636. The summed E-state index contributed by atoms with van der Waals surface area (Å²) in [7, 11) is -2.91. The summed E-state index contributed by atoms with van der Waals surface area (Å²) < 4.78 is 26.9. The van der Waals surface area contributed by atoms with Gasteiger partial charge in [-0.05, 0) is 31.4 Å². The fourth-order valence-corrected chi connectivity index (χ4v) is 2.18. The molecule has 92 valence electrons. The van der Waals surface area contributed by atoms with Crippen LogP contribution < -0.4 is 0 Å². The van der Waals surface area contributed by atoms with Crippen LogP contribution in [0, 0.1) is 0 Å². The monoisotopic (exact) mass is 246 g/mol. The molecule has 16 heavy (non-hydrogen) atoms. The predicted molar refractivity (Wildman–Crippen MR) is 62.0 cm³/mol. The van der Waals surface area contributed by atoms with Crippen molar-refractivity contribution in [3.8, 4) is 0 Å². The molecule has 0 saturated heterocycles. The third-order valence-corrected chi connectivity index (χ3v) is 3.39. The Morgan fingerprint density at radius 3 is 2.75 bits per heavy atom. The van der Waals surface area contributed by atoms with Gasteiger partial charge in [0, 0.05) is 18.4 Å². The highest BCUT2D eigenvalue weighted by atomic mass is 32.2. The Labute approximate surface area is 96.2 Å². The first-order chi connectivity index (χ1) is 7.47. The van der Waals surface area contributed by atoms with Gasteiger partial charge in [0.1, 0.15) is 15.6 Å². The molecule has 1 N–H and O–H groups in total. The zero-order chi connectivity index (χ0) is 12.0. The van der Waals surface area contributed by atoms with Crippen LogP contribution in [0.2, 0.25) is 0 Å². The third kappa shape index (κ3) is 5.92. The quantitative estimate of drug-likeness (QED) is 0.789. The normalized spacial score (nSPS) is 13.9. The lowest BCUT2D eigenvalue weighted by atomic mass is 10.1. The zero-order valence-corrected chi connectivity index (χ0v) is 10.2. The minimum Gasteiger partial charge on any atom is -0.469 e. The largest absolute Gasteiger partial charge is 0.469 e. The summed E-state index contributed by atoms with van der Waals surface area (Å²) in [6.07, 6.45) is 4.69. The first-order valence-corrected chi connectivity index (χ1v) is 7.41. The number of rotatable bonds is 7. The van der Waals surface area contributed by atoms with E-state index in [4.69, 9.17) is 4.42 Å². The lowest BCUT2D eigenvalue weighted by molar-refractivity contribution is 0.152. The molecule has 1 aromatic heterocycles. The summed E-state index contributed by atoms with van der Waals surface area (Å²) in [6.45, 7) is 0. The highest BCUT2D eigenvalue weighted by molar-refractivity contribution is 7.90. The van der Waals surface area contributed by atoms with E-state index in [-0.39, 0.29) is 5.75 Å². The van der Waals surface area contributed by atoms with E-state index in [1.54, 1.807) is 6.26 Å². The van der Waals surface area contributed by atoms with Crippen molar-refractivity contribution in [3.63, 3.8) is 0 Å². The van der Waals surface area contributed by atoms with Crippen LogP contribution in [0.5, 0.6) is 0 Å². The summed E-state index contributed by atoms with van der Waals surface area (Å²) in [6, 6.07) is 3.68. The second-order valence-corrected chi connectivity index (χ2v) is 6.30. The van der Waals surface area contributed by atoms with E-state index in [0.717, 1.165) is 5.76 Å². The smallest absolute Gasteiger partial charge is 0.147 e. The maximum absolute atomic E-state index is 10.9. The zero-order valence-electron chi connectivity index (χ0n) is 9.43. The maximum atomic E-state index is 10.9. The van der Waals surface area contributed by atoms with E-state index in [0.29, 0.717) is 25.7 Å². The van der Waals surface area contributed by atoms with Crippen LogP contribution >= 0.6 is 0 Å². The van der Waals surface area contributed by atoms with Gasteiger partial charge in [0.05, 0.1) is 12.4 Å². The van der Waals surface area contributed by atoms with Crippen molar-refractivity contribution in [1.82, 2.24) is 0 Å². The highest BCUT2D eigenvalue weighted by Crippen LogP contribution is 2.09. The number of hydrogen-bond acceptors (Lipinski definition) is 4.